The van der Waals surface area contributed by atoms with Gasteiger partial charge in [-0.05, 0) is 0 Å². The summed E-state index contributed by atoms with van der Waals surface area (Å²) in [5.41, 5.74) is 0.265. The molecular weight excluding hydrogens is 162 g/mol. The van der Waals surface area contributed by atoms with Crippen LogP contribution in [0.4, 0.5) is 0 Å². The lowest BCUT2D eigenvalue weighted by Crippen LogP contribution is -2.08. The van der Waals surface area contributed by atoms with Gasteiger partial charge in [-0.2, -0.15) is 0 Å². The first-order chi connectivity index (χ1) is 5.79. The Kier molecular flexibility index (Phi) is 1.43. The molecule has 0 atom stereocenters. The number of ketones is 1. The van der Waals surface area contributed by atoms with E-state index in [2.05, 4.69) is 9.73 Å². The van der Waals surface area contributed by atoms with Gasteiger partial charge in [-0.25, -0.2) is 9.79 Å². The molecule has 2 aliphatic heterocycles. The molecule has 2 heterocycles. The van der Waals surface area contributed by atoms with Gasteiger partial charge >= 0.3 is 5.97 Å². The highest BCUT2D eigenvalue weighted by Crippen LogP contribution is 2.16. The summed E-state index contributed by atoms with van der Waals surface area (Å²) < 4.78 is 9.46. The first-order valence-corrected chi connectivity index (χ1v) is 3.36. The maximum absolute atomic E-state index is 11.0. The fraction of sp³-hybridized carbons (Fsp3) is 0.286. The summed E-state index contributed by atoms with van der Waals surface area (Å²) in [6.07, 6.45) is 1.43. The molecule has 0 saturated carbocycles. The van der Waals surface area contributed by atoms with E-state index in [1.54, 1.807) is 0 Å². The maximum atomic E-state index is 11.0. The van der Waals surface area contributed by atoms with Gasteiger partial charge < -0.3 is 9.47 Å². The second kappa shape index (κ2) is 2.44. The SMILES string of the molecule is O=C1OCC(=C2C=NCO2)C1=O. The summed E-state index contributed by atoms with van der Waals surface area (Å²) in [5, 5.41) is 0. The van der Waals surface area contributed by atoms with E-state index in [1.165, 1.54) is 6.21 Å². The van der Waals surface area contributed by atoms with Gasteiger partial charge in [0.05, 0.1) is 11.8 Å². The minimum absolute atomic E-state index is 0.000972. The number of esters is 1. The molecule has 0 radical (unpaired) electrons. The Morgan fingerprint density at radius 3 is 2.67 bits per heavy atom. The first kappa shape index (κ1) is 7.02. The molecule has 1 saturated heterocycles. The third-order valence-corrected chi connectivity index (χ3v) is 1.61. The van der Waals surface area contributed by atoms with Crippen LogP contribution in [-0.2, 0) is 19.1 Å². The molecule has 0 aliphatic carbocycles. The number of carbonyl (C=O) groups excluding carboxylic acids is 2. The summed E-state index contributed by atoms with van der Waals surface area (Å²) in [6, 6.07) is 0. The third-order valence-electron chi connectivity index (χ3n) is 1.61. The van der Waals surface area contributed by atoms with Crippen molar-refractivity contribution in [3.8, 4) is 0 Å². The van der Waals surface area contributed by atoms with Crippen LogP contribution < -0.4 is 0 Å². The molecule has 0 aromatic carbocycles. The fourth-order valence-electron chi connectivity index (χ4n) is 1.00. The second-order valence-corrected chi connectivity index (χ2v) is 2.33. The Labute approximate surface area is 67.7 Å². The zero-order chi connectivity index (χ0) is 8.55. The van der Waals surface area contributed by atoms with Crippen molar-refractivity contribution in [1.29, 1.82) is 0 Å². The van der Waals surface area contributed by atoms with Gasteiger partial charge in [-0.1, -0.05) is 0 Å². The number of aliphatic imine (C=N–C) groups is 1. The second-order valence-electron chi connectivity index (χ2n) is 2.33. The molecule has 2 rings (SSSR count). The lowest BCUT2D eigenvalue weighted by atomic mass is 10.2. The molecule has 12 heavy (non-hydrogen) atoms. The molecule has 5 heteroatoms. The molecule has 5 nitrogen and oxygen atoms in total. The van der Waals surface area contributed by atoms with Crippen LogP contribution in [0.1, 0.15) is 0 Å². The topological polar surface area (TPSA) is 65.0 Å². The van der Waals surface area contributed by atoms with Crippen molar-refractivity contribution in [2.45, 2.75) is 0 Å². The fourth-order valence-corrected chi connectivity index (χ4v) is 1.00. The van der Waals surface area contributed by atoms with Crippen molar-refractivity contribution < 1.29 is 19.1 Å². The summed E-state index contributed by atoms with van der Waals surface area (Å²) in [6.45, 7) is 0.208. The Morgan fingerprint density at radius 1 is 1.33 bits per heavy atom. The van der Waals surface area contributed by atoms with E-state index >= 15 is 0 Å². The molecule has 2 aliphatic rings. The van der Waals surface area contributed by atoms with Crippen LogP contribution in [0.2, 0.25) is 0 Å². The van der Waals surface area contributed by atoms with Crippen molar-refractivity contribution in [2.24, 2.45) is 4.99 Å². The van der Waals surface area contributed by atoms with Crippen molar-refractivity contribution in [3.63, 3.8) is 0 Å². The van der Waals surface area contributed by atoms with Gasteiger partial charge in [0.1, 0.15) is 6.61 Å². The quantitative estimate of drug-likeness (QED) is 0.275. The van der Waals surface area contributed by atoms with E-state index in [9.17, 15) is 9.59 Å². The van der Waals surface area contributed by atoms with Crippen LogP contribution in [0, 0.1) is 0 Å². The molecular formula is C7H5NO4. The monoisotopic (exact) mass is 167 g/mol. The molecule has 62 valence electrons. The van der Waals surface area contributed by atoms with Crippen LogP contribution in [-0.4, -0.2) is 31.3 Å². The van der Waals surface area contributed by atoms with E-state index in [-0.39, 0.29) is 18.9 Å². The van der Waals surface area contributed by atoms with Gasteiger partial charge in [-0.15, -0.1) is 0 Å². The maximum Gasteiger partial charge on any atom is 0.379 e. The smallest absolute Gasteiger partial charge is 0.379 e. The molecule has 0 amide bonds. The van der Waals surface area contributed by atoms with Gasteiger partial charge in [0.2, 0.25) is 0 Å². The number of Topliss-reactive ketones (excluding diaryl/α,β-unsaturated/α-hetero) is 1. The highest BCUT2D eigenvalue weighted by molar-refractivity contribution is 6.43. The first-order valence-electron chi connectivity index (χ1n) is 3.36. The van der Waals surface area contributed by atoms with Gasteiger partial charge in [0.25, 0.3) is 5.78 Å². The minimum Gasteiger partial charge on any atom is -0.469 e. The zero-order valence-corrected chi connectivity index (χ0v) is 6.07. The van der Waals surface area contributed by atoms with Crippen molar-refractivity contribution >= 4 is 18.0 Å². The predicted octanol–water partition coefficient (Wildman–Crippen LogP) is -0.575. The lowest BCUT2D eigenvalue weighted by Gasteiger charge is -1.95. The average molecular weight is 167 g/mol. The highest BCUT2D eigenvalue weighted by atomic mass is 16.5. The van der Waals surface area contributed by atoms with Crippen molar-refractivity contribution in [1.82, 2.24) is 0 Å². The van der Waals surface area contributed by atoms with Crippen LogP contribution in [0.15, 0.2) is 16.3 Å². The minimum atomic E-state index is -0.818. The predicted molar refractivity (Wildman–Crippen MR) is 37.4 cm³/mol. The molecule has 0 spiro atoms. The van der Waals surface area contributed by atoms with E-state index in [1.807, 2.05) is 0 Å². The molecule has 0 aromatic rings. The summed E-state index contributed by atoms with van der Waals surface area (Å²) >= 11 is 0. The zero-order valence-electron chi connectivity index (χ0n) is 6.07. The normalized spacial score (nSPS) is 27.7. The summed E-state index contributed by atoms with van der Waals surface area (Å²) in [4.78, 5) is 25.4. The molecule has 0 unspecified atom stereocenters. The molecule has 0 aromatic heterocycles. The van der Waals surface area contributed by atoms with E-state index in [0.717, 1.165) is 0 Å². The molecule has 1 fully saturated rings. The number of rotatable bonds is 0. The number of ether oxygens (including phenoxy) is 2. The largest absolute Gasteiger partial charge is 0.469 e. The molecule has 0 bridgehead atoms. The summed E-state index contributed by atoms with van der Waals surface area (Å²) in [5.74, 6) is -1.09. The van der Waals surface area contributed by atoms with Crippen molar-refractivity contribution in [3.05, 3.63) is 11.3 Å². The van der Waals surface area contributed by atoms with Crippen LogP contribution in [0.5, 0.6) is 0 Å². The summed E-state index contributed by atoms with van der Waals surface area (Å²) in [7, 11) is 0. The Morgan fingerprint density at radius 2 is 2.17 bits per heavy atom. The van der Waals surface area contributed by atoms with E-state index in [0.29, 0.717) is 5.76 Å². The number of hydrogen-bond acceptors (Lipinski definition) is 5. The Hall–Kier alpha value is -1.65. The standard InChI is InChI=1S/C7H5NO4/c9-6-4(2-11-7(6)10)5-1-8-3-12-5/h1H,2-3H2. The number of carbonyl (C=O) groups is 2. The lowest BCUT2D eigenvalue weighted by molar-refractivity contribution is -0.146. The van der Waals surface area contributed by atoms with Gasteiger partial charge in [-0.3, -0.25) is 4.79 Å². The van der Waals surface area contributed by atoms with Crippen LogP contribution in [0.25, 0.3) is 0 Å². The van der Waals surface area contributed by atoms with Gasteiger partial charge in [0.15, 0.2) is 12.5 Å². The van der Waals surface area contributed by atoms with Crippen molar-refractivity contribution in [2.75, 3.05) is 13.3 Å². The van der Waals surface area contributed by atoms with E-state index < -0.39 is 11.8 Å². The number of hydrogen-bond donors (Lipinski definition) is 0. The number of nitrogens with zero attached hydrogens (tertiary/aromatic N) is 1. The average Bonchev–Trinajstić information content (AvgIpc) is 2.64. The third kappa shape index (κ3) is 0.903. The highest BCUT2D eigenvalue weighted by Gasteiger charge is 2.32. The number of allylic oxidation sites excluding steroid dienone is 1. The van der Waals surface area contributed by atoms with Crippen LogP contribution >= 0.6 is 0 Å². The number of cyclic esters (lactones) is 1. The van der Waals surface area contributed by atoms with Crippen LogP contribution in [0.3, 0.4) is 0 Å². The Bertz CT molecular complexity index is 315. The van der Waals surface area contributed by atoms with Gasteiger partial charge in [0, 0.05) is 0 Å². The Balaban J connectivity index is 2.35. The molecule has 0 N–H and O–H groups in total. The van der Waals surface area contributed by atoms with E-state index in [4.69, 9.17) is 4.74 Å².